The van der Waals surface area contributed by atoms with Gasteiger partial charge in [-0.1, -0.05) is 0 Å². The molecule has 1 rings (SSSR count). The Kier molecular flexibility index (Phi) is 3.16. The van der Waals surface area contributed by atoms with Crippen LogP contribution < -0.4 is 0 Å². The minimum Gasteiger partial charge on any atom is -0.356 e. The van der Waals surface area contributed by atoms with E-state index in [1.54, 1.807) is 0 Å². The SMILES string of the molecule is [2H][C@H](C(OC)OC)[C@H]1COC(C)(C)O1. The number of ether oxygens (including phenoxy) is 4. The van der Waals surface area contributed by atoms with Crippen LogP contribution in [0.15, 0.2) is 0 Å². The van der Waals surface area contributed by atoms with Gasteiger partial charge < -0.3 is 18.9 Å². The molecule has 4 nitrogen and oxygen atoms in total. The Labute approximate surface area is 80.5 Å². The highest BCUT2D eigenvalue weighted by atomic mass is 16.7. The first-order valence-corrected chi connectivity index (χ1v) is 4.30. The number of rotatable bonds is 4. The molecule has 1 heterocycles. The molecule has 0 aromatic heterocycles. The predicted molar refractivity (Wildman–Crippen MR) is 47.3 cm³/mol. The van der Waals surface area contributed by atoms with Crippen molar-refractivity contribution in [1.29, 1.82) is 0 Å². The van der Waals surface area contributed by atoms with Gasteiger partial charge in [0, 0.05) is 22.0 Å². The number of hydrogen-bond donors (Lipinski definition) is 0. The van der Waals surface area contributed by atoms with Crippen LogP contribution in [0.4, 0.5) is 0 Å². The molecule has 0 aromatic carbocycles. The highest BCUT2D eigenvalue weighted by Crippen LogP contribution is 2.25. The van der Waals surface area contributed by atoms with Crippen LogP contribution in [0.1, 0.15) is 21.6 Å². The van der Waals surface area contributed by atoms with Crippen molar-refractivity contribution in [3.8, 4) is 0 Å². The normalized spacial score (nSPS) is 30.5. The molecule has 0 radical (unpaired) electrons. The Bertz CT molecular complexity index is 182. The van der Waals surface area contributed by atoms with Crippen LogP contribution in [0.5, 0.6) is 0 Å². The summed E-state index contributed by atoms with van der Waals surface area (Å²) in [5.41, 5.74) is 0. The van der Waals surface area contributed by atoms with Crippen molar-refractivity contribution in [2.24, 2.45) is 0 Å². The first-order valence-electron chi connectivity index (χ1n) is 4.87. The maximum Gasteiger partial charge on any atom is 0.163 e. The van der Waals surface area contributed by atoms with Crippen LogP contribution in [0, 0.1) is 0 Å². The van der Waals surface area contributed by atoms with E-state index in [9.17, 15) is 0 Å². The Morgan fingerprint density at radius 2 is 2.15 bits per heavy atom. The van der Waals surface area contributed by atoms with Crippen molar-refractivity contribution in [2.45, 2.75) is 38.4 Å². The van der Waals surface area contributed by atoms with E-state index in [2.05, 4.69) is 0 Å². The predicted octanol–water partition coefficient (Wildman–Crippen LogP) is 1.15. The summed E-state index contributed by atoms with van der Waals surface area (Å²) in [5, 5.41) is 0. The summed E-state index contributed by atoms with van der Waals surface area (Å²) in [7, 11) is 3.02. The molecule has 1 aliphatic heterocycles. The van der Waals surface area contributed by atoms with Crippen LogP contribution in [-0.2, 0) is 18.9 Å². The average Bonchev–Trinajstić information content (AvgIpc) is 2.48. The van der Waals surface area contributed by atoms with Gasteiger partial charge in [-0.25, -0.2) is 0 Å². The van der Waals surface area contributed by atoms with Gasteiger partial charge in [-0.15, -0.1) is 0 Å². The monoisotopic (exact) mass is 191 g/mol. The molecule has 1 aliphatic rings. The van der Waals surface area contributed by atoms with E-state index >= 15 is 0 Å². The van der Waals surface area contributed by atoms with Gasteiger partial charge in [0.05, 0.1) is 12.7 Å². The van der Waals surface area contributed by atoms with E-state index in [4.69, 9.17) is 20.3 Å². The molecule has 2 atom stereocenters. The fourth-order valence-electron chi connectivity index (χ4n) is 1.24. The summed E-state index contributed by atoms with van der Waals surface area (Å²) in [6.45, 7) is 4.06. The molecule has 78 valence electrons. The van der Waals surface area contributed by atoms with Crippen molar-refractivity contribution in [2.75, 3.05) is 20.8 Å². The van der Waals surface area contributed by atoms with Crippen LogP contribution in [0.3, 0.4) is 0 Å². The standard InChI is InChI=1S/C9H18O4/c1-9(2)12-6-7(13-9)5-8(10-3)11-4/h7-8H,5-6H2,1-4H3/t7-/m0/s1/i5D/t5-,7-. The smallest absolute Gasteiger partial charge is 0.163 e. The molecule has 0 N–H and O–H groups in total. The zero-order valence-corrected chi connectivity index (χ0v) is 8.57. The molecule has 13 heavy (non-hydrogen) atoms. The average molecular weight is 191 g/mol. The van der Waals surface area contributed by atoms with Crippen molar-refractivity contribution in [3.63, 3.8) is 0 Å². The van der Waals surface area contributed by atoms with Crippen LogP contribution >= 0.6 is 0 Å². The van der Waals surface area contributed by atoms with Crippen molar-refractivity contribution >= 4 is 0 Å². The second-order valence-electron chi connectivity index (χ2n) is 3.40. The topological polar surface area (TPSA) is 36.9 Å². The maximum absolute atomic E-state index is 7.85. The molecule has 1 saturated heterocycles. The molecule has 0 amide bonds. The minimum atomic E-state index is -0.601. The lowest BCUT2D eigenvalue weighted by Crippen LogP contribution is -2.25. The van der Waals surface area contributed by atoms with E-state index in [1.807, 2.05) is 13.8 Å². The molecule has 0 unspecified atom stereocenters. The minimum absolute atomic E-state index is 0.296. The van der Waals surface area contributed by atoms with Crippen LogP contribution in [-0.4, -0.2) is 39.0 Å². The highest BCUT2D eigenvalue weighted by Gasteiger charge is 2.33. The second-order valence-corrected chi connectivity index (χ2v) is 3.40. The van der Waals surface area contributed by atoms with Gasteiger partial charge in [0.25, 0.3) is 0 Å². The summed E-state index contributed by atoms with van der Waals surface area (Å²) in [4.78, 5) is 0. The van der Waals surface area contributed by atoms with Gasteiger partial charge in [-0.3, -0.25) is 0 Å². The number of hydrogen-bond acceptors (Lipinski definition) is 4. The third-order valence-corrected chi connectivity index (χ3v) is 1.87. The van der Waals surface area contributed by atoms with Gasteiger partial charge in [-0.05, 0) is 13.8 Å². The molecule has 4 heteroatoms. The molecule has 0 aliphatic carbocycles. The first-order chi connectivity index (χ1) is 6.50. The lowest BCUT2D eigenvalue weighted by Gasteiger charge is -2.19. The van der Waals surface area contributed by atoms with E-state index in [0.717, 1.165) is 0 Å². The van der Waals surface area contributed by atoms with Crippen LogP contribution in [0.2, 0.25) is 0 Å². The molecule has 0 aromatic rings. The summed E-state index contributed by atoms with van der Waals surface area (Å²) in [5.74, 6) is -0.601. The third-order valence-electron chi connectivity index (χ3n) is 1.87. The summed E-state index contributed by atoms with van der Waals surface area (Å²) in [6, 6.07) is 0. The lowest BCUT2D eigenvalue weighted by atomic mass is 10.2. The zero-order chi connectivity index (χ0) is 10.8. The van der Waals surface area contributed by atoms with E-state index in [-0.39, 0.29) is 6.10 Å². The zero-order valence-electron chi connectivity index (χ0n) is 9.57. The van der Waals surface area contributed by atoms with Gasteiger partial charge in [0.1, 0.15) is 0 Å². The third kappa shape index (κ3) is 3.23. The molecule has 1 fully saturated rings. The summed E-state index contributed by atoms with van der Waals surface area (Å²) >= 11 is 0. The Morgan fingerprint density at radius 3 is 2.54 bits per heavy atom. The van der Waals surface area contributed by atoms with Gasteiger partial charge in [-0.2, -0.15) is 0 Å². The number of methoxy groups -OCH3 is 2. The van der Waals surface area contributed by atoms with Crippen LogP contribution in [0.25, 0.3) is 0 Å². The van der Waals surface area contributed by atoms with Crippen molar-refractivity contribution < 1.29 is 20.3 Å². The van der Waals surface area contributed by atoms with E-state index in [0.29, 0.717) is 6.61 Å². The van der Waals surface area contributed by atoms with Gasteiger partial charge in [0.2, 0.25) is 0 Å². The summed E-state index contributed by atoms with van der Waals surface area (Å²) in [6.07, 6.45) is -1.46. The second kappa shape index (κ2) is 4.37. The molecule has 0 saturated carbocycles. The lowest BCUT2D eigenvalue weighted by molar-refractivity contribution is -0.159. The van der Waals surface area contributed by atoms with Gasteiger partial charge in [0.15, 0.2) is 12.1 Å². The van der Waals surface area contributed by atoms with Crippen molar-refractivity contribution in [3.05, 3.63) is 0 Å². The summed E-state index contributed by atoms with van der Waals surface area (Å²) < 4.78 is 28.7. The maximum atomic E-state index is 7.85. The first kappa shape index (κ1) is 9.40. The fraction of sp³-hybridized carbons (Fsp3) is 1.00. The largest absolute Gasteiger partial charge is 0.356 e. The van der Waals surface area contributed by atoms with Crippen molar-refractivity contribution in [1.82, 2.24) is 0 Å². The molecular weight excluding hydrogens is 172 g/mol. The Hall–Kier alpha value is -0.160. The molecular formula is C9H18O4. The van der Waals surface area contributed by atoms with E-state index in [1.165, 1.54) is 14.2 Å². The van der Waals surface area contributed by atoms with Gasteiger partial charge >= 0.3 is 0 Å². The molecule has 0 spiro atoms. The highest BCUT2D eigenvalue weighted by molar-refractivity contribution is 4.71. The quantitative estimate of drug-likeness (QED) is 0.624. The fourth-order valence-corrected chi connectivity index (χ4v) is 1.24. The Morgan fingerprint density at radius 1 is 1.54 bits per heavy atom. The molecule has 0 bridgehead atoms. The Balaban J connectivity index is 2.50. The van der Waals surface area contributed by atoms with E-state index < -0.39 is 18.5 Å².